The van der Waals surface area contributed by atoms with E-state index < -0.39 is 0 Å². The minimum absolute atomic E-state index is 0.0728. The molecule has 86 valence electrons. The van der Waals surface area contributed by atoms with Crippen LogP contribution in [-0.4, -0.2) is 30.4 Å². The molecule has 1 aliphatic rings. The lowest BCUT2D eigenvalue weighted by Crippen LogP contribution is -2.31. The molecule has 1 saturated heterocycles. The highest BCUT2D eigenvalue weighted by molar-refractivity contribution is 5.86. The average Bonchev–Trinajstić information content (AvgIpc) is 2.57. The van der Waals surface area contributed by atoms with Crippen LogP contribution in [0.15, 0.2) is 18.2 Å². The highest BCUT2D eigenvalue weighted by Crippen LogP contribution is 2.21. The lowest BCUT2D eigenvalue weighted by molar-refractivity contribution is -0.127. The number of amides is 1. The summed E-state index contributed by atoms with van der Waals surface area (Å²) in [6, 6.07) is 4.64. The van der Waals surface area contributed by atoms with Crippen LogP contribution >= 0.6 is 0 Å². The van der Waals surface area contributed by atoms with Gasteiger partial charge in [0.1, 0.15) is 11.9 Å². The summed E-state index contributed by atoms with van der Waals surface area (Å²) in [4.78, 5) is 13.4. The van der Waals surface area contributed by atoms with Crippen LogP contribution in [0.5, 0.6) is 0 Å². The van der Waals surface area contributed by atoms with E-state index in [4.69, 9.17) is 0 Å². The molecule has 1 aromatic rings. The van der Waals surface area contributed by atoms with Gasteiger partial charge in [0.15, 0.2) is 0 Å². The molecule has 1 aliphatic heterocycles. The summed E-state index contributed by atoms with van der Waals surface area (Å²) in [6.45, 7) is 2.46. The minimum Gasteiger partial charge on any atom is -0.373 e. The van der Waals surface area contributed by atoms with Gasteiger partial charge in [0.2, 0.25) is 5.91 Å². The molecule has 1 aromatic carbocycles. The Morgan fingerprint density at radius 3 is 2.88 bits per heavy atom. The second kappa shape index (κ2) is 4.12. The number of hydrogen-bond acceptors (Lipinski definition) is 2. The highest BCUT2D eigenvalue weighted by atomic mass is 19.1. The minimum atomic E-state index is -0.246. The molecule has 0 saturated carbocycles. The molecule has 1 N–H and O–H groups in total. The van der Waals surface area contributed by atoms with Gasteiger partial charge in [-0.1, -0.05) is 6.07 Å². The maximum Gasteiger partial charge on any atom is 0.244 e. The van der Waals surface area contributed by atoms with Gasteiger partial charge >= 0.3 is 0 Å². The molecule has 1 amide bonds. The fourth-order valence-electron chi connectivity index (χ4n) is 1.91. The Kier molecular flexibility index (Phi) is 2.81. The lowest BCUT2D eigenvalue weighted by atomic mass is 10.1. The van der Waals surface area contributed by atoms with Crippen LogP contribution in [0.1, 0.15) is 12.0 Å². The molecule has 0 aliphatic carbocycles. The molecule has 1 fully saturated rings. The summed E-state index contributed by atoms with van der Waals surface area (Å²) < 4.78 is 13.3. The van der Waals surface area contributed by atoms with E-state index >= 15 is 0 Å². The zero-order chi connectivity index (χ0) is 11.7. The molecule has 1 heterocycles. The molecule has 2 rings (SSSR count). The number of nitrogens with one attached hydrogen (secondary N) is 1. The molecule has 16 heavy (non-hydrogen) atoms. The normalized spacial score (nSPS) is 20.3. The number of likely N-dealkylation sites (tertiary alicyclic amines) is 1. The van der Waals surface area contributed by atoms with Gasteiger partial charge in [-0.05, 0) is 25.5 Å². The first-order chi connectivity index (χ1) is 7.59. The monoisotopic (exact) mass is 222 g/mol. The standard InChI is InChI=1S/C12H15FN2O/c1-8-9(13)4-3-5-10(8)14-11-6-7-15(2)12(11)16/h3-5,11,14H,6-7H2,1-2H3. The van der Waals surface area contributed by atoms with Gasteiger partial charge in [0.05, 0.1) is 0 Å². The fraction of sp³-hybridized carbons (Fsp3) is 0.417. The molecule has 0 radical (unpaired) electrons. The van der Waals surface area contributed by atoms with Crippen molar-refractivity contribution in [3.05, 3.63) is 29.6 Å². The van der Waals surface area contributed by atoms with Crippen molar-refractivity contribution in [1.82, 2.24) is 4.90 Å². The van der Waals surface area contributed by atoms with E-state index in [1.54, 1.807) is 31.0 Å². The number of rotatable bonds is 2. The number of anilines is 1. The van der Waals surface area contributed by atoms with E-state index in [0.29, 0.717) is 11.3 Å². The quantitative estimate of drug-likeness (QED) is 0.827. The first kappa shape index (κ1) is 10.9. The van der Waals surface area contributed by atoms with Gasteiger partial charge in [0, 0.05) is 24.8 Å². The zero-order valence-electron chi connectivity index (χ0n) is 9.46. The van der Waals surface area contributed by atoms with E-state index in [-0.39, 0.29) is 17.8 Å². The molecule has 1 atom stereocenters. The largest absolute Gasteiger partial charge is 0.373 e. The molecule has 1 unspecified atom stereocenters. The summed E-state index contributed by atoms with van der Waals surface area (Å²) in [5.74, 6) is -0.174. The van der Waals surface area contributed by atoms with Crippen molar-refractivity contribution in [1.29, 1.82) is 0 Å². The topological polar surface area (TPSA) is 32.3 Å². The third kappa shape index (κ3) is 1.87. The van der Waals surface area contributed by atoms with Crippen molar-refractivity contribution in [2.45, 2.75) is 19.4 Å². The Morgan fingerprint density at radius 2 is 2.25 bits per heavy atom. The molecule has 0 bridgehead atoms. The van der Waals surface area contributed by atoms with Crippen molar-refractivity contribution < 1.29 is 9.18 Å². The predicted octanol–water partition coefficient (Wildman–Crippen LogP) is 1.78. The second-order valence-corrected chi connectivity index (χ2v) is 4.16. The fourth-order valence-corrected chi connectivity index (χ4v) is 1.91. The van der Waals surface area contributed by atoms with Crippen molar-refractivity contribution in [3.8, 4) is 0 Å². The van der Waals surface area contributed by atoms with Gasteiger partial charge in [-0.2, -0.15) is 0 Å². The van der Waals surface area contributed by atoms with Crippen molar-refractivity contribution in [3.63, 3.8) is 0 Å². The molecule has 0 spiro atoms. The average molecular weight is 222 g/mol. The van der Waals surface area contributed by atoms with Crippen LogP contribution in [0.2, 0.25) is 0 Å². The third-order valence-corrected chi connectivity index (χ3v) is 3.02. The Bertz CT molecular complexity index is 419. The zero-order valence-corrected chi connectivity index (χ0v) is 9.46. The summed E-state index contributed by atoms with van der Waals surface area (Å²) in [6.07, 6.45) is 0.769. The van der Waals surface area contributed by atoms with Crippen LogP contribution in [0.3, 0.4) is 0 Å². The number of carbonyl (C=O) groups excluding carboxylic acids is 1. The van der Waals surface area contributed by atoms with Crippen LogP contribution in [0.25, 0.3) is 0 Å². The summed E-state index contributed by atoms with van der Waals surface area (Å²) in [5.41, 5.74) is 1.26. The Balaban J connectivity index is 2.16. The van der Waals surface area contributed by atoms with Crippen molar-refractivity contribution >= 4 is 11.6 Å². The van der Waals surface area contributed by atoms with Gasteiger partial charge in [-0.15, -0.1) is 0 Å². The summed E-state index contributed by atoms with van der Waals surface area (Å²) in [5, 5.41) is 3.10. The molecule has 0 aromatic heterocycles. The number of nitrogens with zero attached hydrogens (tertiary/aromatic N) is 1. The van der Waals surface area contributed by atoms with Crippen molar-refractivity contribution in [2.75, 3.05) is 18.9 Å². The van der Waals surface area contributed by atoms with Crippen LogP contribution in [0, 0.1) is 12.7 Å². The van der Waals surface area contributed by atoms with Gasteiger partial charge in [0.25, 0.3) is 0 Å². The van der Waals surface area contributed by atoms with E-state index in [2.05, 4.69) is 5.32 Å². The number of carbonyl (C=O) groups is 1. The first-order valence-corrected chi connectivity index (χ1v) is 5.36. The van der Waals surface area contributed by atoms with Crippen LogP contribution in [0.4, 0.5) is 10.1 Å². The number of benzene rings is 1. The summed E-state index contributed by atoms with van der Waals surface area (Å²) >= 11 is 0. The third-order valence-electron chi connectivity index (χ3n) is 3.02. The molecule has 3 nitrogen and oxygen atoms in total. The number of hydrogen-bond donors (Lipinski definition) is 1. The number of likely N-dealkylation sites (N-methyl/N-ethyl adjacent to an activating group) is 1. The van der Waals surface area contributed by atoms with E-state index in [9.17, 15) is 9.18 Å². The Morgan fingerprint density at radius 1 is 1.50 bits per heavy atom. The molecular weight excluding hydrogens is 207 g/mol. The SMILES string of the molecule is Cc1c(F)cccc1NC1CCN(C)C1=O. The lowest BCUT2D eigenvalue weighted by Gasteiger charge is -2.15. The number of halogens is 1. The first-order valence-electron chi connectivity index (χ1n) is 5.36. The highest BCUT2D eigenvalue weighted by Gasteiger charge is 2.29. The predicted molar refractivity (Wildman–Crippen MR) is 60.8 cm³/mol. The van der Waals surface area contributed by atoms with Gasteiger partial charge in [-0.25, -0.2) is 4.39 Å². The maximum absolute atomic E-state index is 13.3. The Labute approximate surface area is 94.3 Å². The van der Waals surface area contributed by atoms with Crippen LogP contribution in [-0.2, 0) is 4.79 Å². The van der Waals surface area contributed by atoms with Crippen LogP contribution < -0.4 is 5.32 Å². The summed E-state index contributed by atoms with van der Waals surface area (Å²) in [7, 11) is 1.78. The molecular formula is C12H15FN2O. The van der Waals surface area contributed by atoms with E-state index in [1.807, 2.05) is 0 Å². The van der Waals surface area contributed by atoms with E-state index in [0.717, 1.165) is 13.0 Å². The van der Waals surface area contributed by atoms with Crippen molar-refractivity contribution in [2.24, 2.45) is 0 Å². The van der Waals surface area contributed by atoms with E-state index in [1.165, 1.54) is 6.07 Å². The maximum atomic E-state index is 13.3. The molecule has 4 heteroatoms. The second-order valence-electron chi connectivity index (χ2n) is 4.16. The van der Waals surface area contributed by atoms with Gasteiger partial charge < -0.3 is 10.2 Å². The smallest absolute Gasteiger partial charge is 0.244 e. The van der Waals surface area contributed by atoms with Gasteiger partial charge in [-0.3, -0.25) is 4.79 Å². The Hall–Kier alpha value is -1.58.